The number of hydrogen-bond acceptors (Lipinski definition) is 5. The monoisotopic (exact) mass is 332 g/mol. The molecule has 4 rings (SSSR count). The van der Waals surface area contributed by atoms with Crippen LogP contribution in [-0.2, 0) is 4.74 Å². The molecule has 124 valence electrons. The van der Waals surface area contributed by atoms with Crippen molar-refractivity contribution >= 4 is 22.5 Å². The van der Waals surface area contributed by atoms with Crippen LogP contribution in [0.2, 0.25) is 0 Å². The molecule has 3 aromatic heterocycles. The molecule has 0 saturated heterocycles. The van der Waals surface area contributed by atoms with Crippen molar-refractivity contribution in [3.8, 4) is 11.3 Å². The predicted octanol–water partition coefficient (Wildman–Crippen LogP) is 3.43. The lowest BCUT2D eigenvalue weighted by molar-refractivity contribution is 0.0528. The van der Waals surface area contributed by atoms with Gasteiger partial charge in [0, 0.05) is 22.8 Å². The zero-order valence-electron chi connectivity index (χ0n) is 13.9. The van der Waals surface area contributed by atoms with Gasteiger partial charge in [0.05, 0.1) is 24.0 Å². The van der Waals surface area contributed by atoms with Crippen molar-refractivity contribution in [2.75, 3.05) is 6.61 Å². The van der Waals surface area contributed by atoms with E-state index in [2.05, 4.69) is 21.1 Å². The van der Waals surface area contributed by atoms with Crippen LogP contribution in [0.15, 0.2) is 48.8 Å². The van der Waals surface area contributed by atoms with E-state index in [9.17, 15) is 4.79 Å². The highest BCUT2D eigenvalue weighted by atomic mass is 16.5. The number of ether oxygens (including phenoxy) is 1. The van der Waals surface area contributed by atoms with Crippen molar-refractivity contribution < 1.29 is 9.53 Å². The molecular formula is C19H16N4O2. The third kappa shape index (κ3) is 2.61. The van der Waals surface area contributed by atoms with E-state index in [1.165, 1.54) is 6.20 Å². The van der Waals surface area contributed by atoms with Crippen LogP contribution in [0, 0.1) is 6.92 Å². The van der Waals surface area contributed by atoms with Gasteiger partial charge < -0.3 is 4.74 Å². The zero-order valence-corrected chi connectivity index (χ0v) is 13.9. The Labute approximate surface area is 144 Å². The molecule has 1 aromatic carbocycles. The molecule has 0 aliphatic carbocycles. The maximum atomic E-state index is 12.1. The molecule has 3 heterocycles. The summed E-state index contributed by atoms with van der Waals surface area (Å²) in [6.45, 7) is 3.97. The van der Waals surface area contributed by atoms with Gasteiger partial charge in [-0.05, 0) is 32.0 Å². The summed E-state index contributed by atoms with van der Waals surface area (Å²) in [5, 5.41) is 5.39. The van der Waals surface area contributed by atoms with E-state index in [1.54, 1.807) is 11.4 Å². The van der Waals surface area contributed by atoms with E-state index >= 15 is 0 Å². The quantitative estimate of drug-likeness (QED) is 0.538. The zero-order chi connectivity index (χ0) is 17.4. The van der Waals surface area contributed by atoms with Gasteiger partial charge in [-0.15, -0.1) is 0 Å². The van der Waals surface area contributed by atoms with Crippen LogP contribution in [0.1, 0.15) is 23.0 Å². The van der Waals surface area contributed by atoms with E-state index in [0.717, 1.165) is 27.9 Å². The molecule has 0 aliphatic rings. The Morgan fingerprint density at radius 3 is 2.88 bits per heavy atom. The number of benzene rings is 1. The Morgan fingerprint density at radius 2 is 2.04 bits per heavy atom. The number of nitrogens with zero attached hydrogens (tertiary/aromatic N) is 4. The van der Waals surface area contributed by atoms with E-state index < -0.39 is 5.97 Å². The molecule has 0 bridgehead atoms. The molecular weight excluding hydrogens is 316 g/mol. The maximum absolute atomic E-state index is 12.1. The van der Waals surface area contributed by atoms with Gasteiger partial charge in [-0.1, -0.05) is 18.2 Å². The fourth-order valence-electron chi connectivity index (χ4n) is 2.85. The third-order valence-electron chi connectivity index (χ3n) is 3.98. The van der Waals surface area contributed by atoms with Crippen molar-refractivity contribution in [2.24, 2.45) is 0 Å². The lowest BCUT2D eigenvalue weighted by atomic mass is 10.1. The molecule has 4 aromatic rings. The Hall–Kier alpha value is -3.28. The average molecular weight is 332 g/mol. The van der Waals surface area contributed by atoms with Gasteiger partial charge in [-0.3, -0.25) is 4.98 Å². The van der Waals surface area contributed by atoms with Crippen LogP contribution in [0.3, 0.4) is 0 Å². The molecule has 0 saturated carbocycles. The number of aromatic nitrogens is 4. The molecule has 0 radical (unpaired) electrons. The van der Waals surface area contributed by atoms with Crippen molar-refractivity contribution in [3.63, 3.8) is 0 Å². The summed E-state index contributed by atoms with van der Waals surface area (Å²) in [4.78, 5) is 21.1. The molecule has 0 atom stereocenters. The van der Waals surface area contributed by atoms with Crippen LogP contribution in [-0.4, -0.2) is 32.2 Å². The second-order valence-electron chi connectivity index (χ2n) is 5.71. The lowest BCUT2D eigenvalue weighted by Crippen LogP contribution is -2.06. The van der Waals surface area contributed by atoms with Crippen molar-refractivity contribution in [1.82, 2.24) is 19.6 Å². The van der Waals surface area contributed by atoms with Gasteiger partial charge in [-0.2, -0.15) is 5.10 Å². The Balaban J connectivity index is 1.93. The van der Waals surface area contributed by atoms with Gasteiger partial charge >= 0.3 is 5.97 Å². The summed E-state index contributed by atoms with van der Waals surface area (Å²) in [6, 6.07) is 11.9. The SMILES string of the molecule is CCOC(=O)c1cnn2c(-c3cnc4ccccc4c3)cc(C)nc12. The van der Waals surface area contributed by atoms with E-state index in [-0.39, 0.29) is 0 Å². The number of fused-ring (bicyclic) bond motifs is 2. The molecule has 6 nitrogen and oxygen atoms in total. The molecule has 0 fully saturated rings. The van der Waals surface area contributed by atoms with Gasteiger partial charge in [0.1, 0.15) is 5.56 Å². The summed E-state index contributed by atoms with van der Waals surface area (Å²) < 4.78 is 6.75. The topological polar surface area (TPSA) is 69.4 Å². The number of hydrogen-bond donors (Lipinski definition) is 0. The van der Waals surface area contributed by atoms with E-state index in [0.29, 0.717) is 17.8 Å². The number of aryl methyl sites for hydroxylation is 1. The number of rotatable bonds is 3. The minimum absolute atomic E-state index is 0.309. The number of para-hydroxylation sites is 1. The minimum Gasteiger partial charge on any atom is -0.462 e. The number of carbonyl (C=O) groups excluding carboxylic acids is 1. The van der Waals surface area contributed by atoms with Crippen molar-refractivity contribution in [2.45, 2.75) is 13.8 Å². The van der Waals surface area contributed by atoms with E-state index in [1.807, 2.05) is 43.5 Å². The highest BCUT2D eigenvalue weighted by Crippen LogP contribution is 2.25. The smallest absolute Gasteiger partial charge is 0.343 e. The lowest BCUT2D eigenvalue weighted by Gasteiger charge is -2.08. The average Bonchev–Trinajstić information content (AvgIpc) is 3.04. The molecule has 6 heteroatoms. The Morgan fingerprint density at radius 1 is 1.20 bits per heavy atom. The highest BCUT2D eigenvalue weighted by molar-refractivity contribution is 5.96. The molecule has 0 N–H and O–H groups in total. The fourth-order valence-corrected chi connectivity index (χ4v) is 2.85. The summed E-state index contributed by atoms with van der Waals surface area (Å²) >= 11 is 0. The Bertz CT molecular complexity index is 1100. The largest absolute Gasteiger partial charge is 0.462 e. The Kier molecular flexibility index (Phi) is 3.65. The second kappa shape index (κ2) is 5.98. The summed E-state index contributed by atoms with van der Waals surface area (Å²) in [6.07, 6.45) is 3.31. The first-order valence-electron chi connectivity index (χ1n) is 8.05. The first-order chi connectivity index (χ1) is 12.2. The third-order valence-corrected chi connectivity index (χ3v) is 3.98. The van der Waals surface area contributed by atoms with Crippen molar-refractivity contribution in [3.05, 3.63) is 60.0 Å². The number of pyridine rings is 1. The maximum Gasteiger partial charge on any atom is 0.343 e. The van der Waals surface area contributed by atoms with Gasteiger partial charge in [-0.25, -0.2) is 14.3 Å². The minimum atomic E-state index is -0.418. The van der Waals surface area contributed by atoms with Gasteiger partial charge in [0.25, 0.3) is 0 Å². The second-order valence-corrected chi connectivity index (χ2v) is 5.71. The van der Waals surface area contributed by atoms with Crippen LogP contribution in [0.4, 0.5) is 0 Å². The normalized spacial score (nSPS) is 11.1. The number of esters is 1. The summed E-state index contributed by atoms with van der Waals surface area (Å²) in [7, 11) is 0. The van der Waals surface area contributed by atoms with Crippen LogP contribution in [0.5, 0.6) is 0 Å². The van der Waals surface area contributed by atoms with Crippen molar-refractivity contribution in [1.29, 1.82) is 0 Å². The fraction of sp³-hybridized carbons (Fsp3) is 0.158. The van der Waals surface area contributed by atoms with Gasteiger partial charge in [0.15, 0.2) is 5.65 Å². The molecule has 25 heavy (non-hydrogen) atoms. The van der Waals surface area contributed by atoms with Crippen LogP contribution < -0.4 is 0 Å². The van der Waals surface area contributed by atoms with Gasteiger partial charge in [0.2, 0.25) is 0 Å². The highest BCUT2D eigenvalue weighted by Gasteiger charge is 2.18. The molecule has 0 amide bonds. The standard InChI is InChI=1S/C19H16N4O2/c1-3-25-19(24)15-11-21-23-17(8-12(2)22-18(15)23)14-9-13-6-4-5-7-16(13)20-10-14/h4-11H,3H2,1-2H3. The summed E-state index contributed by atoms with van der Waals surface area (Å²) in [5.41, 5.74) is 4.31. The van der Waals surface area contributed by atoms with Crippen LogP contribution >= 0.6 is 0 Å². The van der Waals surface area contributed by atoms with E-state index in [4.69, 9.17) is 4.74 Å². The molecule has 0 aliphatic heterocycles. The molecule has 0 unspecified atom stereocenters. The van der Waals surface area contributed by atoms with Crippen LogP contribution in [0.25, 0.3) is 27.8 Å². The predicted molar refractivity (Wildman–Crippen MR) is 94.4 cm³/mol. The molecule has 0 spiro atoms. The number of carbonyl (C=O) groups is 1. The summed E-state index contributed by atoms with van der Waals surface area (Å²) in [5.74, 6) is -0.418. The first-order valence-corrected chi connectivity index (χ1v) is 8.05. The first kappa shape index (κ1) is 15.3.